The molecule has 0 saturated heterocycles. The number of nitrogens with zero attached hydrogens (tertiary/aromatic N) is 1. The topological polar surface area (TPSA) is 47.9 Å². The number of oxime groups is 1. The highest BCUT2D eigenvalue weighted by atomic mass is 79.9. The third-order valence-corrected chi connectivity index (χ3v) is 2.86. The molecule has 2 rings (SSSR count). The van der Waals surface area contributed by atoms with Gasteiger partial charge in [-0.05, 0) is 48.8 Å². The molecule has 0 fully saturated rings. The SMILES string of the molecule is CC(C)(C)OC(=O)C1=Cc2ccccc2ON=C1Br. The van der Waals surface area contributed by atoms with E-state index in [4.69, 9.17) is 9.57 Å². The maximum absolute atomic E-state index is 12.1. The molecule has 0 bridgehead atoms. The molecule has 0 spiro atoms. The molecule has 0 atom stereocenters. The fourth-order valence-electron chi connectivity index (χ4n) is 1.51. The van der Waals surface area contributed by atoms with Gasteiger partial charge >= 0.3 is 5.97 Å². The van der Waals surface area contributed by atoms with Crippen molar-refractivity contribution in [1.29, 1.82) is 0 Å². The normalized spacial score (nSPS) is 14.5. The molecule has 19 heavy (non-hydrogen) atoms. The summed E-state index contributed by atoms with van der Waals surface area (Å²) in [5.74, 6) is 0.154. The summed E-state index contributed by atoms with van der Waals surface area (Å²) in [7, 11) is 0. The number of hydrogen-bond acceptors (Lipinski definition) is 4. The molecule has 100 valence electrons. The van der Waals surface area contributed by atoms with Crippen molar-refractivity contribution in [2.24, 2.45) is 5.16 Å². The van der Waals surface area contributed by atoms with Gasteiger partial charge in [-0.15, -0.1) is 0 Å². The van der Waals surface area contributed by atoms with Crippen LogP contribution in [0.15, 0.2) is 35.0 Å². The minimum atomic E-state index is -0.558. The highest BCUT2D eigenvalue weighted by Crippen LogP contribution is 2.27. The van der Waals surface area contributed by atoms with Crippen molar-refractivity contribution in [3.8, 4) is 5.75 Å². The molecular weight excluding hydrogens is 310 g/mol. The minimum Gasteiger partial charge on any atom is -0.456 e. The molecule has 0 amide bonds. The van der Waals surface area contributed by atoms with E-state index >= 15 is 0 Å². The number of fused-ring (bicyclic) bond motifs is 1. The van der Waals surface area contributed by atoms with Gasteiger partial charge in [0, 0.05) is 5.56 Å². The molecule has 0 saturated carbocycles. The molecule has 0 unspecified atom stereocenters. The van der Waals surface area contributed by atoms with Crippen LogP contribution >= 0.6 is 15.9 Å². The van der Waals surface area contributed by atoms with Gasteiger partial charge in [0.05, 0.1) is 5.57 Å². The molecule has 0 aromatic heterocycles. The third-order valence-electron chi connectivity index (χ3n) is 2.28. The zero-order valence-electron chi connectivity index (χ0n) is 10.9. The molecule has 1 aliphatic heterocycles. The first kappa shape index (κ1) is 13.8. The van der Waals surface area contributed by atoms with Gasteiger partial charge in [0.1, 0.15) is 5.60 Å². The van der Waals surface area contributed by atoms with Crippen LogP contribution in [0.4, 0.5) is 0 Å². The van der Waals surface area contributed by atoms with Crippen LogP contribution in [0, 0.1) is 0 Å². The first-order valence-corrected chi connectivity index (χ1v) is 6.61. The van der Waals surface area contributed by atoms with Gasteiger partial charge in [0.2, 0.25) is 0 Å². The van der Waals surface area contributed by atoms with Gasteiger partial charge in [0.15, 0.2) is 10.4 Å². The molecule has 1 heterocycles. The summed E-state index contributed by atoms with van der Waals surface area (Å²) >= 11 is 3.23. The molecule has 0 N–H and O–H groups in total. The zero-order chi connectivity index (χ0) is 14.0. The van der Waals surface area contributed by atoms with Crippen molar-refractivity contribution in [3.63, 3.8) is 0 Å². The van der Waals surface area contributed by atoms with E-state index in [-0.39, 0.29) is 0 Å². The monoisotopic (exact) mass is 323 g/mol. The number of rotatable bonds is 1. The van der Waals surface area contributed by atoms with Crippen LogP contribution in [0.5, 0.6) is 5.75 Å². The zero-order valence-corrected chi connectivity index (χ0v) is 12.5. The Kier molecular flexibility index (Phi) is 3.75. The maximum Gasteiger partial charge on any atom is 0.341 e. The lowest BCUT2D eigenvalue weighted by Crippen LogP contribution is -2.26. The van der Waals surface area contributed by atoms with Gasteiger partial charge in [-0.3, -0.25) is 0 Å². The second-order valence-corrected chi connectivity index (χ2v) is 5.82. The van der Waals surface area contributed by atoms with Crippen LogP contribution in [-0.4, -0.2) is 16.2 Å². The first-order valence-electron chi connectivity index (χ1n) is 5.82. The number of carbonyl (C=O) groups is 1. The van der Waals surface area contributed by atoms with Crippen LogP contribution < -0.4 is 4.84 Å². The Hall–Kier alpha value is -1.62. The van der Waals surface area contributed by atoms with Crippen molar-refractivity contribution < 1.29 is 14.4 Å². The average molecular weight is 324 g/mol. The number of hydrogen-bond donors (Lipinski definition) is 0. The largest absolute Gasteiger partial charge is 0.456 e. The van der Waals surface area contributed by atoms with Crippen LogP contribution in [0.25, 0.3) is 6.08 Å². The van der Waals surface area contributed by atoms with Crippen LogP contribution in [0.3, 0.4) is 0 Å². The Morgan fingerprint density at radius 3 is 2.68 bits per heavy atom. The number of halogens is 1. The lowest BCUT2D eigenvalue weighted by Gasteiger charge is -2.19. The minimum absolute atomic E-state index is 0.318. The van der Waals surface area contributed by atoms with E-state index in [1.165, 1.54) is 0 Å². The Morgan fingerprint density at radius 2 is 2.00 bits per heavy atom. The fraction of sp³-hybridized carbons (Fsp3) is 0.286. The Balaban J connectivity index is 2.38. The molecule has 5 heteroatoms. The highest BCUT2D eigenvalue weighted by molar-refractivity contribution is 9.18. The van der Waals surface area contributed by atoms with E-state index in [1.807, 2.05) is 39.0 Å². The summed E-state index contributed by atoms with van der Waals surface area (Å²) < 4.78 is 5.66. The Bertz CT molecular complexity index is 570. The van der Waals surface area contributed by atoms with Gasteiger partial charge in [0.25, 0.3) is 0 Å². The van der Waals surface area contributed by atoms with Crippen molar-refractivity contribution in [1.82, 2.24) is 0 Å². The Labute approximate surface area is 120 Å². The molecule has 1 aliphatic rings. The lowest BCUT2D eigenvalue weighted by molar-refractivity contribution is -0.149. The predicted molar refractivity (Wildman–Crippen MR) is 77.3 cm³/mol. The number of para-hydroxylation sites is 1. The molecule has 0 radical (unpaired) electrons. The van der Waals surface area contributed by atoms with E-state index in [0.29, 0.717) is 15.9 Å². The van der Waals surface area contributed by atoms with Crippen LogP contribution in [0.1, 0.15) is 26.3 Å². The molecule has 1 aromatic carbocycles. The quantitative estimate of drug-likeness (QED) is 0.743. The number of carbonyl (C=O) groups excluding carboxylic acids is 1. The predicted octanol–water partition coefficient (Wildman–Crippen LogP) is 3.51. The second-order valence-electron chi connectivity index (χ2n) is 5.07. The summed E-state index contributed by atoms with van der Waals surface area (Å²) in [5, 5.41) is 3.86. The van der Waals surface area contributed by atoms with Crippen molar-refractivity contribution in [2.75, 3.05) is 0 Å². The highest BCUT2D eigenvalue weighted by Gasteiger charge is 2.24. The summed E-state index contributed by atoms with van der Waals surface area (Å²) in [5.41, 5.74) is 0.555. The van der Waals surface area contributed by atoms with Crippen LogP contribution in [-0.2, 0) is 9.53 Å². The van der Waals surface area contributed by atoms with Gasteiger partial charge < -0.3 is 9.57 Å². The van der Waals surface area contributed by atoms with E-state index in [2.05, 4.69) is 21.1 Å². The second kappa shape index (κ2) is 5.17. The lowest BCUT2D eigenvalue weighted by atomic mass is 10.1. The summed E-state index contributed by atoms with van der Waals surface area (Å²) in [6.07, 6.45) is 1.70. The van der Waals surface area contributed by atoms with Gasteiger partial charge in [-0.1, -0.05) is 23.4 Å². The molecular formula is C14H14BrNO3. The number of benzene rings is 1. The van der Waals surface area contributed by atoms with Crippen molar-refractivity contribution in [2.45, 2.75) is 26.4 Å². The summed E-state index contributed by atoms with van der Waals surface area (Å²) in [6, 6.07) is 7.34. The average Bonchev–Trinajstić information content (AvgIpc) is 2.47. The molecule has 1 aromatic rings. The first-order chi connectivity index (χ1) is 8.87. The fourth-order valence-corrected chi connectivity index (χ4v) is 1.86. The van der Waals surface area contributed by atoms with Gasteiger partial charge in [-0.2, -0.15) is 0 Å². The molecule has 4 nitrogen and oxygen atoms in total. The van der Waals surface area contributed by atoms with Crippen LogP contribution in [0.2, 0.25) is 0 Å². The summed E-state index contributed by atoms with van der Waals surface area (Å²) in [6.45, 7) is 5.45. The number of esters is 1. The number of ether oxygens (including phenoxy) is 1. The van der Waals surface area contributed by atoms with E-state index in [9.17, 15) is 4.79 Å². The van der Waals surface area contributed by atoms with Crippen molar-refractivity contribution in [3.05, 3.63) is 35.4 Å². The van der Waals surface area contributed by atoms with E-state index in [1.54, 1.807) is 12.1 Å². The standard InChI is InChI=1S/C14H14BrNO3/c1-14(2,3)18-13(17)10-8-9-6-4-5-7-11(9)19-16-12(10)15/h4-8H,1-3H3. The van der Waals surface area contributed by atoms with E-state index in [0.717, 1.165) is 5.56 Å². The summed E-state index contributed by atoms with van der Waals surface area (Å²) in [4.78, 5) is 17.4. The third kappa shape index (κ3) is 3.44. The maximum atomic E-state index is 12.1. The van der Waals surface area contributed by atoms with Crippen molar-refractivity contribution >= 4 is 32.6 Å². The Morgan fingerprint density at radius 1 is 1.32 bits per heavy atom. The molecule has 0 aliphatic carbocycles. The van der Waals surface area contributed by atoms with E-state index < -0.39 is 11.6 Å². The smallest absolute Gasteiger partial charge is 0.341 e. The van der Waals surface area contributed by atoms with Gasteiger partial charge in [-0.25, -0.2) is 4.79 Å².